The van der Waals surface area contributed by atoms with Gasteiger partial charge in [0.05, 0.1) is 55.9 Å². The van der Waals surface area contributed by atoms with Crippen LogP contribution in [0.4, 0.5) is 0 Å². The summed E-state index contributed by atoms with van der Waals surface area (Å²) in [7, 11) is 0. The van der Waals surface area contributed by atoms with Gasteiger partial charge < -0.3 is 0 Å². The van der Waals surface area contributed by atoms with Crippen molar-refractivity contribution in [3.63, 3.8) is 0 Å². The SMILES string of the molecule is CC(C)(C)c1ccc(-c2nnc(-c3ccc(-c4ccccc4)cc3)n2-c2ccccc2)cc1.Cc1cc(-c2ccccc2)c2ccc3c(-c4ccccc4)cc(C)nc3c2n1.c1ccc(-c2ccnc3c2ccc2c(-c4ccccc4)ccnc23)cc1.c1ccc(-c2nc3ccc4nc(-c5ccccc5)c(-c5ccccc5)nc4c3nc2-c2ccccc2)cc1. The van der Waals surface area contributed by atoms with E-state index in [1.165, 1.54) is 61.2 Å². The molecule has 7 heterocycles. The summed E-state index contributed by atoms with van der Waals surface area (Å²) in [6.45, 7) is 10.8. The standard InChI is InChI=1S/C34H22N4.C30H27N3.C26H20N2.C24H16N2/c1-5-13-23(14-6-1)29-31(25-17-9-3-10-18-25)37-33-27(35-29)21-22-28-34(33)38-32(26-19-11-4-12-20-26)30(36-28)24-15-7-2-8-16-24;1-30(2,3)26-20-18-25(19-21-26)29-32-31-28(33(29)27-12-8-5-9-13-27)24-16-14-23(15-17-24)22-10-6-4-7-11-22;1-17-15-23(19-9-5-3-6-10-19)21-13-14-22-24(20-11-7-4-8-12-20)16-18(2)28-26(22)25(21)27-17;1-3-7-17(8-4-1)19-13-15-25-23-21(19)11-12-22-20(14-16-26-24(22)23)18-9-5-2-6-10-18/h1-22H;4-21H,1-3H3;3-16H,1-2H3;1-16H. The van der Waals surface area contributed by atoms with E-state index in [0.29, 0.717) is 0 Å². The van der Waals surface area contributed by atoms with Crippen LogP contribution >= 0.6 is 0 Å². The molecule has 11 heteroatoms. The molecule has 0 saturated heterocycles. The minimum atomic E-state index is 0.108. The maximum Gasteiger partial charge on any atom is 0.168 e. The maximum absolute atomic E-state index is 5.22. The number of pyridine rings is 4. The Kier molecular flexibility index (Phi) is 22.1. The van der Waals surface area contributed by atoms with Crippen molar-refractivity contribution in [3.8, 4) is 129 Å². The van der Waals surface area contributed by atoms with Crippen LogP contribution in [0, 0.1) is 13.8 Å². The lowest BCUT2D eigenvalue weighted by Crippen LogP contribution is -2.10. The Balaban J connectivity index is 0.000000110. The molecule has 0 unspecified atom stereocenters. The van der Waals surface area contributed by atoms with Crippen LogP contribution in [0.5, 0.6) is 0 Å². The quantitative estimate of drug-likeness (QED) is 0.109. The van der Waals surface area contributed by atoms with E-state index >= 15 is 0 Å². The number of aromatic nitrogens is 11. The lowest BCUT2D eigenvalue weighted by atomic mass is 9.86. The summed E-state index contributed by atoms with van der Waals surface area (Å²) in [5.74, 6) is 1.67. The van der Waals surface area contributed by atoms with Gasteiger partial charge in [0, 0.05) is 84.4 Å². The molecule has 125 heavy (non-hydrogen) atoms. The van der Waals surface area contributed by atoms with Gasteiger partial charge in [-0.1, -0.05) is 385 Å². The second kappa shape index (κ2) is 35.2. The van der Waals surface area contributed by atoms with Crippen molar-refractivity contribution in [1.29, 1.82) is 0 Å². The number of hydrogen-bond donors (Lipinski definition) is 0. The van der Waals surface area contributed by atoms with Gasteiger partial charge in [0.2, 0.25) is 0 Å². The Hall–Kier alpha value is -16.2. The molecule has 0 atom stereocenters. The average molecular weight is 1610 g/mol. The molecule has 15 aromatic carbocycles. The van der Waals surface area contributed by atoms with E-state index in [0.717, 1.165) is 151 Å². The Morgan fingerprint density at radius 1 is 0.216 bits per heavy atom. The van der Waals surface area contributed by atoms with Crippen LogP contribution in [0.2, 0.25) is 0 Å². The fourth-order valence-electron chi connectivity index (χ4n) is 16.4. The van der Waals surface area contributed by atoms with Crippen molar-refractivity contribution in [2.45, 2.75) is 40.0 Å². The zero-order valence-corrected chi connectivity index (χ0v) is 69.8. The van der Waals surface area contributed by atoms with Crippen molar-refractivity contribution in [1.82, 2.24) is 54.6 Å². The van der Waals surface area contributed by atoms with Gasteiger partial charge in [-0.25, -0.2) is 19.9 Å². The van der Waals surface area contributed by atoms with Crippen LogP contribution in [0.15, 0.2) is 425 Å². The molecular formula is C114H85N11. The van der Waals surface area contributed by atoms with Gasteiger partial charge in [0.25, 0.3) is 0 Å². The third-order valence-corrected chi connectivity index (χ3v) is 22.6. The molecule has 596 valence electrons. The molecule has 0 saturated carbocycles. The number of benzene rings is 15. The van der Waals surface area contributed by atoms with Crippen molar-refractivity contribution >= 4 is 65.7 Å². The summed E-state index contributed by atoms with van der Waals surface area (Å²) in [5.41, 5.74) is 32.8. The summed E-state index contributed by atoms with van der Waals surface area (Å²) >= 11 is 0. The molecule has 0 radical (unpaired) electrons. The van der Waals surface area contributed by atoms with Crippen LogP contribution in [-0.4, -0.2) is 54.6 Å². The Morgan fingerprint density at radius 3 is 0.824 bits per heavy atom. The minimum Gasteiger partial charge on any atom is -0.275 e. The first-order valence-electron chi connectivity index (χ1n) is 42.1. The Labute approximate surface area is 726 Å². The zero-order valence-electron chi connectivity index (χ0n) is 69.8. The molecule has 0 aliphatic heterocycles. The number of fused-ring (bicyclic) bond motifs is 9. The van der Waals surface area contributed by atoms with Crippen LogP contribution < -0.4 is 0 Å². The highest BCUT2D eigenvalue weighted by atomic mass is 15.3. The molecule has 22 aromatic rings. The van der Waals surface area contributed by atoms with E-state index in [9.17, 15) is 0 Å². The summed E-state index contributed by atoms with van der Waals surface area (Å²) in [4.78, 5) is 39.8. The highest BCUT2D eigenvalue weighted by molar-refractivity contribution is 6.14. The number of para-hydroxylation sites is 1. The maximum atomic E-state index is 5.22. The van der Waals surface area contributed by atoms with E-state index in [1.54, 1.807) is 0 Å². The number of nitrogens with zero attached hydrogens (tertiary/aromatic N) is 11. The summed E-state index contributed by atoms with van der Waals surface area (Å²) in [6, 6.07) is 142. The van der Waals surface area contributed by atoms with Crippen LogP contribution in [0.3, 0.4) is 0 Å². The van der Waals surface area contributed by atoms with Gasteiger partial charge in [0.15, 0.2) is 11.6 Å². The van der Waals surface area contributed by atoms with E-state index in [2.05, 4.69) is 338 Å². The molecule has 11 nitrogen and oxygen atoms in total. The highest BCUT2D eigenvalue weighted by Crippen LogP contribution is 2.42. The van der Waals surface area contributed by atoms with Gasteiger partial charge >= 0.3 is 0 Å². The molecule has 0 fully saturated rings. The highest BCUT2D eigenvalue weighted by Gasteiger charge is 2.24. The molecule has 22 rings (SSSR count). The molecule has 0 spiro atoms. The predicted octanol–water partition coefficient (Wildman–Crippen LogP) is 28.7. The third-order valence-electron chi connectivity index (χ3n) is 22.6. The molecule has 0 aliphatic carbocycles. The minimum absolute atomic E-state index is 0.108. The van der Waals surface area contributed by atoms with E-state index in [4.69, 9.17) is 29.9 Å². The molecule has 0 amide bonds. The third kappa shape index (κ3) is 16.6. The molecule has 0 bridgehead atoms. The largest absolute Gasteiger partial charge is 0.275 e. The van der Waals surface area contributed by atoms with E-state index < -0.39 is 0 Å². The predicted molar refractivity (Wildman–Crippen MR) is 516 cm³/mol. The lowest BCUT2D eigenvalue weighted by molar-refractivity contribution is 0.590. The van der Waals surface area contributed by atoms with E-state index in [-0.39, 0.29) is 5.41 Å². The van der Waals surface area contributed by atoms with Crippen molar-refractivity contribution < 1.29 is 0 Å². The topological polar surface area (TPSA) is 134 Å². The van der Waals surface area contributed by atoms with Crippen LogP contribution in [0.1, 0.15) is 37.7 Å². The summed E-state index contributed by atoms with van der Waals surface area (Å²) < 4.78 is 2.14. The second-order valence-corrected chi connectivity index (χ2v) is 31.9. The zero-order chi connectivity index (χ0) is 84.6. The van der Waals surface area contributed by atoms with E-state index in [1.807, 2.05) is 146 Å². The fraction of sp³-hybridized carbons (Fsp3) is 0.0526. The average Bonchev–Trinajstić information content (AvgIpc) is 1.16. The molecule has 0 N–H and O–H groups in total. The first-order valence-corrected chi connectivity index (χ1v) is 42.1. The van der Waals surface area contributed by atoms with Gasteiger partial charge in [-0.15, -0.1) is 10.2 Å². The van der Waals surface area contributed by atoms with Gasteiger partial charge in [-0.3, -0.25) is 24.5 Å². The van der Waals surface area contributed by atoms with Gasteiger partial charge in [-0.05, 0) is 129 Å². The number of rotatable bonds is 12. The first kappa shape index (κ1) is 78.6. The number of aryl methyl sites for hydroxylation is 2. The monoisotopic (exact) mass is 1610 g/mol. The normalized spacial score (nSPS) is 11.2. The van der Waals surface area contributed by atoms with Crippen LogP contribution in [-0.2, 0) is 5.41 Å². The van der Waals surface area contributed by atoms with Crippen LogP contribution in [0.25, 0.3) is 195 Å². The van der Waals surface area contributed by atoms with Crippen molar-refractivity contribution in [2.75, 3.05) is 0 Å². The summed E-state index contributed by atoms with van der Waals surface area (Å²) in [6.07, 6.45) is 3.75. The van der Waals surface area contributed by atoms with Gasteiger partial charge in [-0.2, -0.15) is 0 Å². The van der Waals surface area contributed by atoms with Gasteiger partial charge in [0.1, 0.15) is 11.0 Å². The molecule has 7 aromatic heterocycles. The molecular weight excluding hydrogens is 1520 g/mol. The summed E-state index contributed by atoms with van der Waals surface area (Å²) in [5, 5.41) is 13.8. The first-order chi connectivity index (χ1) is 61.5. The van der Waals surface area contributed by atoms with Crippen molar-refractivity contribution in [2.24, 2.45) is 0 Å². The van der Waals surface area contributed by atoms with Crippen molar-refractivity contribution in [3.05, 3.63) is 442 Å². The fourth-order valence-corrected chi connectivity index (χ4v) is 16.4. The lowest BCUT2D eigenvalue weighted by Gasteiger charge is -2.19. The smallest absolute Gasteiger partial charge is 0.168 e. The molecule has 0 aliphatic rings. The Morgan fingerprint density at radius 2 is 0.488 bits per heavy atom. The number of hydrogen-bond acceptors (Lipinski definition) is 10. The second-order valence-electron chi connectivity index (χ2n) is 31.9. The Bertz CT molecular complexity index is 7210.